The number of nitrogens with one attached hydrogen (secondary N) is 1. The largest absolute Gasteiger partial charge is 0.459 e. The van der Waals surface area contributed by atoms with E-state index >= 15 is 0 Å². The number of rotatable bonds is 4. The van der Waals surface area contributed by atoms with Gasteiger partial charge < -0.3 is 14.3 Å². The highest BCUT2D eigenvalue weighted by atomic mass is 19.3. The fraction of sp³-hybridized carbons (Fsp3) is 0.381. The molecular formula is C21H20F3N5O2. The predicted molar refractivity (Wildman–Crippen MR) is 109 cm³/mol. The van der Waals surface area contributed by atoms with E-state index in [1.807, 2.05) is 20.8 Å². The molecule has 4 aromatic rings. The smallest absolute Gasteiger partial charge is 0.328 e. The molecule has 1 unspecified atom stereocenters. The lowest BCUT2D eigenvalue weighted by Crippen LogP contribution is -2.57. The number of anilines is 1. The fourth-order valence-corrected chi connectivity index (χ4v) is 4.18. The molecule has 3 aromatic heterocycles. The van der Waals surface area contributed by atoms with Gasteiger partial charge in [0.2, 0.25) is 5.95 Å². The van der Waals surface area contributed by atoms with Crippen LogP contribution in [0.3, 0.4) is 0 Å². The molecule has 31 heavy (non-hydrogen) atoms. The zero-order chi connectivity index (χ0) is 22.1. The number of aromatic nitrogens is 4. The van der Waals surface area contributed by atoms with Crippen LogP contribution < -0.4 is 10.6 Å². The maximum Gasteiger partial charge on any atom is 0.328 e. The van der Waals surface area contributed by atoms with Crippen LogP contribution in [0, 0.1) is 18.7 Å². The van der Waals surface area contributed by atoms with Gasteiger partial charge in [0.05, 0.1) is 19.3 Å². The lowest BCUT2D eigenvalue weighted by atomic mass is 9.98. The second-order valence-electron chi connectivity index (χ2n) is 8.34. The Morgan fingerprint density at radius 3 is 2.68 bits per heavy atom. The number of benzene rings is 1. The van der Waals surface area contributed by atoms with Gasteiger partial charge in [-0.3, -0.25) is 4.57 Å². The minimum absolute atomic E-state index is 0.0902. The molecule has 0 saturated carbocycles. The Bertz CT molecular complexity index is 1360. The van der Waals surface area contributed by atoms with E-state index in [1.54, 1.807) is 6.07 Å². The number of alkyl halides is 2. The van der Waals surface area contributed by atoms with E-state index in [0.29, 0.717) is 27.9 Å². The van der Waals surface area contributed by atoms with Crippen molar-refractivity contribution in [3.05, 3.63) is 52.0 Å². The quantitative estimate of drug-likeness (QED) is 0.528. The highest BCUT2D eigenvalue weighted by molar-refractivity contribution is 5.82. The van der Waals surface area contributed by atoms with Crippen LogP contribution >= 0.6 is 0 Å². The van der Waals surface area contributed by atoms with Crippen LogP contribution in [-0.4, -0.2) is 38.5 Å². The molecule has 1 fully saturated rings. The first-order valence-electron chi connectivity index (χ1n) is 9.93. The molecule has 1 N–H and O–H groups in total. The number of hydrogen-bond donors (Lipinski definition) is 1. The third kappa shape index (κ3) is 3.08. The summed E-state index contributed by atoms with van der Waals surface area (Å²) in [6, 6.07) is 3.73. The van der Waals surface area contributed by atoms with E-state index in [2.05, 4.69) is 15.0 Å². The van der Waals surface area contributed by atoms with Crippen LogP contribution in [0.4, 0.5) is 19.1 Å². The van der Waals surface area contributed by atoms with Crippen LogP contribution in [0.2, 0.25) is 0 Å². The van der Waals surface area contributed by atoms with Crippen LogP contribution in [0.15, 0.2) is 33.6 Å². The average molecular weight is 431 g/mol. The van der Waals surface area contributed by atoms with Crippen molar-refractivity contribution in [2.24, 2.45) is 5.92 Å². The lowest BCUT2D eigenvalue weighted by molar-refractivity contribution is -0.0271. The number of furan rings is 1. The number of imidazole rings is 1. The van der Waals surface area contributed by atoms with Crippen LogP contribution in [-0.2, 0) is 0 Å². The van der Waals surface area contributed by atoms with E-state index in [9.17, 15) is 18.0 Å². The van der Waals surface area contributed by atoms with E-state index in [-0.39, 0.29) is 17.7 Å². The summed E-state index contributed by atoms with van der Waals surface area (Å²) in [5.74, 6) is -2.58. The summed E-state index contributed by atoms with van der Waals surface area (Å²) in [5, 5.41) is 0.631. The molecule has 5 rings (SSSR count). The molecule has 1 atom stereocenters. The molecule has 1 aliphatic rings. The van der Waals surface area contributed by atoms with Crippen molar-refractivity contribution < 1.29 is 17.6 Å². The fourth-order valence-electron chi connectivity index (χ4n) is 4.18. The Balaban J connectivity index is 1.68. The molecule has 0 bridgehead atoms. The molecule has 1 aromatic carbocycles. The van der Waals surface area contributed by atoms with E-state index < -0.39 is 30.7 Å². The zero-order valence-electron chi connectivity index (χ0n) is 17.1. The van der Waals surface area contributed by atoms with Gasteiger partial charge in [-0.25, -0.2) is 22.9 Å². The molecule has 1 saturated heterocycles. The summed E-state index contributed by atoms with van der Waals surface area (Å²) in [6.45, 7) is 4.75. The standard InChI is InChI=1S/C21H20F3N5O2/c1-10(2)16(17-11(3)13-6-12(22)4-5-15(13)31-17)29-18-14(26-20(29)30)7-25-19(27-18)28-8-21(23,24)9-28/h4-7,10,16H,8-9H2,1-3H3,(H,26,30). The number of aromatic amines is 1. The molecule has 4 heterocycles. The Kier molecular flexibility index (Phi) is 4.18. The highest BCUT2D eigenvalue weighted by Gasteiger charge is 2.45. The summed E-state index contributed by atoms with van der Waals surface area (Å²) in [6.07, 6.45) is 1.42. The van der Waals surface area contributed by atoms with Crippen molar-refractivity contribution in [3.63, 3.8) is 0 Å². The monoisotopic (exact) mass is 431 g/mol. The van der Waals surface area contributed by atoms with Crippen molar-refractivity contribution in [1.29, 1.82) is 0 Å². The molecule has 0 aliphatic carbocycles. The van der Waals surface area contributed by atoms with E-state index in [4.69, 9.17) is 4.42 Å². The first-order chi connectivity index (χ1) is 14.6. The van der Waals surface area contributed by atoms with Gasteiger partial charge in [-0.05, 0) is 31.0 Å². The van der Waals surface area contributed by atoms with Crippen molar-refractivity contribution >= 4 is 28.1 Å². The Labute approximate surface area is 174 Å². The summed E-state index contributed by atoms with van der Waals surface area (Å²) >= 11 is 0. The Morgan fingerprint density at radius 2 is 2.00 bits per heavy atom. The van der Waals surface area contributed by atoms with Gasteiger partial charge in [0.15, 0.2) is 5.65 Å². The Morgan fingerprint density at radius 1 is 1.26 bits per heavy atom. The minimum Gasteiger partial charge on any atom is -0.459 e. The molecule has 0 amide bonds. The SMILES string of the molecule is Cc1c(C(C(C)C)n2c(=O)[nH]c3cnc(N4CC(F)(F)C4)nc32)oc2ccc(F)cc12. The van der Waals surface area contributed by atoms with E-state index in [0.717, 1.165) is 5.56 Å². The van der Waals surface area contributed by atoms with Gasteiger partial charge in [-0.2, -0.15) is 4.98 Å². The molecule has 0 radical (unpaired) electrons. The molecule has 162 valence electrons. The van der Waals surface area contributed by atoms with Crippen molar-refractivity contribution in [2.75, 3.05) is 18.0 Å². The normalized spacial score (nSPS) is 16.9. The first-order valence-corrected chi connectivity index (χ1v) is 9.93. The summed E-state index contributed by atoms with van der Waals surface area (Å²) in [4.78, 5) is 25.5. The average Bonchev–Trinajstić information content (AvgIpc) is 3.17. The molecular weight excluding hydrogens is 411 g/mol. The second-order valence-corrected chi connectivity index (χ2v) is 8.34. The number of hydrogen-bond acceptors (Lipinski definition) is 5. The minimum atomic E-state index is -2.77. The first kappa shape index (κ1) is 19.7. The van der Waals surface area contributed by atoms with Crippen LogP contribution in [0.1, 0.15) is 31.2 Å². The maximum atomic E-state index is 13.8. The summed E-state index contributed by atoms with van der Waals surface area (Å²) in [7, 11) is 0. The van der Waals surface area contributed by atoms with Gasteiger partial charge in [0, 0.05) is 10.9 Å². The van der Waals surface area contributed by atoms with Crippen molar-refractivity contribution in [3.8, 4) is 0 Å². The second kappa shape index (κ2) is 6.60. The van der Waals surface area contributed by atoms with Gasteiger partial charge in [0.25, 0.3) is 5.92 Å². The predicted octanol–water partition coefficient (Wildman–Crippen LogP) is 4.01. The van der Waals surface area contributed by atoms with Crippen molar-refractivity contribution in [1.82, 2.24) is 19.5 Å². The number of nitrogens with zero attached hydrogens (tertiary/aromatic N) is 4. The van der Waals surface area contributed by atoms with Gasteiger partial charge >= 0.3 is 5.69 Å². The van der Waals surface area contributed by atoms with Gasteiger partial charge in [-0.15, -0.1) is 0 Å². The Hall–Kier alpha value is -3.30. The number of aryl methyl sites for hydroxylation is 1. The van der Waals surface area contributed by atoms with Gasteiger partial charge in [-0.1, -0.05) is 13.8 Å². The van der Waals surface area contributed by atoms with Crippen LogP contribution in [0.5, 0.6) is 0 Å². The third-order valence-corrected chi connectivity index (χ3v) is 5.69. The topological polar surface area (TPSA) is 80.0 Å². The third-order valence-electron chi connectivity index (χ3n) is 5.69. The number of H-pyrrole nitrogens is 1. The van der Waals surface area contributed by atoms with Crippen molar-refractivity contribution in [2.45, 2.75) is 32.7 Å². The molecule has 0 spiro atoms. The summed E-state index contributed by atoms with van der Waals surface area (Å²) < 4.78 is 47.9. The van der Waals surface area contributed by atoms with Gasteiger partial charge in [0.1, 0.15) is 28.7 Å². The summed E-state index contributed by atoms with van der Waals surface area (Å²) in [5.41, 5.74) is 1.53. The number of fused-ring (bicyclic) bond motifs is 2. The molecule has 7 nitrogen and oxygen atoms in total. The maximum absolute atomic E-state index is 13.8. The van der Waals surface area contributed by atoms with Crippen LogP contribution in [0.25, 0.3) is 22.1 Å². The molecule has 10 heteroatoms. The molecule has 1 aliphatic heterocycles. The number of halogens is 3. The zero-order valence-corrected chi connectivity index (χ0v) is 17.1. The lowest BCUT2D eigenvalue weighted by Gasteiger charge is -2.38. The van der Waals surface area contributed by atoms with E-state index in [1.165, 1.54) is 27.8 Å². The highest BCUT2D eigenvalue weighted by Crippen LogP contribution is 2.36.